The van der Waals surface area contributed by atoms with Gasteiger partial charge in [0.15, 0.2) is 5.54 Å². The number of aromatic nitrogens is 3. The number of carbonyl (C=O) groups excluding carboxylic acids is 1. The fourth-order valence-electron chi connectivity index (χ4n) is 1.99. The van der Waals surface area contributed by atoms with Crippen LogP contribution < -0.4 is 5.32 Å². The fraction of sp³-hybridized carbons (Fsp3) is 0.667. The molecule has 0 aliphatic carbocycles. The Hall–Kier alpha value is -1.43. The molecule has 0 atom stereocenters. The summed E-state index contributed by atoms with van der Waals surface area (Å²) in [5.41, 5.74) is -0.670. The molecule has 1 saturated heterocycles. The van der Waals surface area contributed by atoms with Crippen LogP contribution in [-0.4, -0.2) is 40.9 Å². The van der Waals surface area contributed by atoms with Gasteiger partial charge in [-0.05, 0) is 25.9 Å². The number of hydrogen-bond acceptors (Lipinski definition) is 5. The van der Waals surface area contributed by atoms with Crippen LogP contribution in [-0.2, 0) is 15.1 Å². The number of hydrogen-bond donors (Lipinski definition) is 1. The van der Waals surface area contributed by atoms with Gasteiger partial charge in [0.1, 0.15) is 12.7 Å². The Morgan fingerprint density at radius 2 is 2.27 bits per heavy atom. The van der Waals surface area contributed by atoms with Crippen molar-refractivity contribution in [3.05, 3.63) is 12.7 Å². The second kappa shape index (κ2) is 3.98. The Labute approximate surface area is 87.6 Å². The molecule has 0 spiro atoms. The lowest BCUT2D eigenvalue weighted by atomic mass is 9.88. The minimum atomic E-state index is -0.670. The van der Waals surface area contributed by atoms with Crippen molar-refractivity contribution in [3.8, 4) is 0 Å². The van der Waals surface area contributed by atoms with Crippen LogP contribution in [0.15, 0.2) is 12.7 Å². The molecule has 0 unspecified atom stereocenters. The number of esters is 1. The molecule has 6 nitrogen and oxygen atoms in total. The first-order valence-electron chi connectivity index (χ1n) is 4.94. The summed E-state index contributed by atoms with van der Waals surface area (Å²) in [5.74, 6) is -0.241. The highest BCUT2D eigenvalue weighted by Gasteiger charge is 2.43. The lowest BCUT2D eigenvalue weighted by Gasteiger charge is -2.34. The van der Waals surface area contributed by atoms with E-state index in [-0.39, 0.29) is 5.97 Å². The maximum absolute atomic E-state index is 11.8. The lowest BCUT2D eigenvalue weighted by molar-refractivity contribution is -0.153. The van der Waals surface area contributed by atoms with Gasteiger partial charge in [-0.2, -0.15) is 5.10 Å². The summed E-state index contributed by atoms with van der Waals surface area (Å²) in [4.78, 5) is 15.7. The number of carbonyl (C=O) groups is 1. The molecule has 0 bridgehead atoms. The molecule has 0 radical (unpaired) electrons. The van der Waals surface area contributed by atoms with Gasteiger partial charge < -0.3 is 10.1 Å². The van der Waals surface area contributed by atoms with Crippen molar-refractivity contribution in [2.24, 2.45) is 0 Å². The molecule has 6 heteroatoms. The molecule has 0 saturated carbocycles. The van der Waals surface area contributed by atoms with E-state index in [0.29, 0.717) is 12.8 Å². The zero-order valence-electron chi connectivity index (χ0n) is 8.64. The second-order valence-corrected chi connectivity index (χ2v) is 3.61. The van der Waals surface area contributed by atoms with E-state index in [0.717, 1.165) is 13.1 Å². The molecule has 2 heterocycles. The zero-order valence-corrected chi connectivity index (χ0v) is 8.64. The van der Waals surface area contributed by atoms with Crippen molar-refractivity contribution >= 4 is 5.97 Å². The minimum absolute atomic E-state index is 0.241. The third kappa shape index (κ3) is 1.61. The molecule has 1 fully saturated rings. The topological polar surface area (TPSA) is 69.0 Å². The summed E-state index contributed by atoms with van der Waals surface area (Å²) in [6, 6.07) is 0. The Bertz CT molecular complexity index is 330. The second-order valence-electron chi connectivity index (χ2n) is 3.61. The number of piperidine rings is 1. The van der Waals surface area contributed by atoms with E-state index in [4.69, 9.17) is 4.74 Å². The first-order chi connectivity index (χ1) is 7.29. The summed E-state index contributed by atoms with van der Waals surface area (Å²) >= 11 is 0. The van der Waals surface area contributed by atoms with Crippen molar-refractivity contribution in [2.75, 3.05) is 20.2 Å². The normalized spacial score (nSPS) is 19.8. The van der Waals surface area contributed by atoms with Gasteiger partial charge in [-0.3, -0.25) is 0 Å². The number of rotatable bonds is 2. The van der Waals surface area contributed by atoms with Gasteiger partial charge in [0.05, 0.1) is 7.11 Å². The molecule has 1 aliphatic rings. The average Bonchev–Trinajstić information content (AvgIpc) is 2.83. The summed E-state index contributed by atoms with van der Waals surface area (Å²) in [7, 11) is 1.41. The summed E-state index contributed by atoms with van der Waals surface area (Å²) in [5, 5.41) is 7.27. The van der Waals surface area contributed by atoms with E-state index >= 15 is 0 Å². The van der Waals surface area contributed by atoms with Gasteiger partial charge in [-0.15, -0.1) is 0 Å². The van der Waals surface area contributed by atoms with Crippen LogP contribution in [0.5, 0.6) is 0 Å². The van der Waals surface area contributed by atoms with Gasteiger partial charge in [0, 0.05) is 0 Å². The largest absolute Gasteiger partial charge is 0.467 e. The van der Waals surface area contributed by atoms with Gasteiger partial charge in [0.25, 0.3) is 0 Å². The number of nitrogens with one attached hydrogen (secondary N) is 1. The molecule has 15 heavy (non-hydrogen) atoms. The maximum Gasteiger partial charge on any atom is 0.333 e. The maximum atomic E-state index is 11.8. The third-order valence-electron chi connectivity index (χ3n) is 2.85. The van der Waals surface area contributed by atoms with Crippen LogP contribution in [0.4, 0.5) is 0 Å². The first kappa shape index (κ1) is 10.1. The molecule has 2 rings (SSSR count). The van der Waals surface area contributed by atoms with E-state index in [2.05, 4.69) is 15.4 Å². The molecular formula is C9H14N4O2. The smallest absolute Gasteiger partial charge is 0.333 e. The first-order valence-corrected chi connectivity index (χ1v) is 4.94. The predicted octanol–water partition coefficient (Wildman–Crippen LogP) is -0.470. The Morgan fingerprint density at radius 3 is 2.80 bits per heavy atom. The van der Waals surface area contributed by atoms with Crippen LogP contribution >= 0.6 is 0 Å². The molecule has 1 aromatic rings. The van der Waals surface area contributed by atoms with Crippen molar-refractivity contribution in [1.82, 2.24) is 20.1 Å². The molecular weight excluding hydrogens is 196 g/mol. The molecule has 82 valence electrons. The Morgan fingerprint density at radius 1 is 1.53 bits per heavy atom. The van der Waals surface area contributed by atoms with Crippen molar-refractivity contribution in [3.63, 3.8) is 0 Å². The van der Waals surface area contributed by atoms with Crippen LogP contribution in [0.2, 0.25) is 0 Å². The molecule has 1 aromatic heterocycles. The molecule has 0 amide bonds. The number of ether oxygens (including phenoxy) is 1. The summed E-state index contributed by atoms with van der Waals surface area (Å²) in [6.07, 6.45) is 4.38. The zero-order chi connectivity index (χ0) is 10.7. The average molecular weight is 210 g/mol. The number of nitrogens with zero attached hydrogens (tertiary/aromatic N) is 3. The SMILES string of the molecule is COC(=O)C1(n2cncn2)CCNCC1. The van der Waals surface area contributed by atoms with Crippen LogP contribution in [0, 0.1) is 0 Å². The lowest BCUT2D eigenvalue weighted by Crippen LogP contribution is -2.50. The highest BCUT2D eigenvalue weighted by Crippen LogP contribution is 2.27. The number of methoxy groups -OCH3 is 1. The summed E-state index contributed by atoms with van der Waals surface area (Å²) < 4.78 is 6.47. The van der Waals surface area contributed by atoms with Crippen LogP contribution in [0.25, 0.3) is 0 Å². The highest BCUT2D eigenvalue weighted by atomic mass is 16.5. The van der Waals surface area contributed by atoms with Crippen molar-refractivity contribution in [1.29, 1.82) is 0 Å². The minimum Gasteiger partial charge on any atom is -0.467 e. The Kier molecular flexibility index (Phi) is 2.68. The van der Waals surface area contributed by atoms with Crippen LogP contribution in [0.1, 0.15) is 12.8 Å². The summed E-state index contributed by atoms with van der Waals surface area (Å²) in [6.45, 7) is 1.57. The van der Waals surface area contributed by atoms with Gasteiger partial charge >= 0.3 is 5.97 Å². The van der Waals surface area contributed by atoms with Crippen molar-refractivity contribution in [2.45, 2.75) is 18.4 Å². The van der Waals surface area contributed by atoms with Crippen molar-refractivity contribution < 1.29 is 9.53 Å². The fourth-order valence-corrected chi connectivity index (χ4v) is 1.99. The van der Waals surface area contributed by atoms with E-state index in [9.17, 15) is 4.79 Å². The quantitative estimate of drug-likeness (QED) is 0.668. The Balaban J connectivity index is 2.34. The van der Waals surface area contributed by atoms with Gasteiger partial charge in [-0.25, -0.2) is 14.5 Å². The van der Waals surface area contributed by atoms with E-state index < -0.39 is 5.54 Å². The predicted molar refractivity (Wildman–Crippen MR) is 52.1 cm³/mol. The monoisotopic (exact) mass is 210 g/mol. The van der Waals surface area contributed by atoms with Gasteiger partial charge in [-0.1, -0.05) is 0 Å². The molecule has 1 aliphatic heterocycles. The van der Waals surface area contributed by atoms with Gasteiger partial charge in [0.2, 0.25) is 0 Å². The molecule has 0 aromatic carbocycles. The molecule has 1 N–H and O–H groups in total. The van der Waals surface area contributed by atoms with E-state index in [1.807, 2.05) is 0 Å². The van der Waals surface area contributed by atoms with E-state index in [1.165, 1.54) is 13.4 Å². The van der Waals surface area contributed by atoms with Crippen LogP contribution in [0.3, 0.4) is 0 Å². The third-order valence-corrected chi connectivity index (χ3v) is 2.85. The highest BCUT2D eigenvalue weighted by molar-refractivity contribution is 5.78. The standard InChI is InChI=1S/C9H14N4O2/c1-15-8(14)9(2-4-10-5-3-9)13-7-11-6-12-13/h6-7,10H,2-5H2,1H3. The van der Waals surface area contributed by atoms with E-state index in [1.54, 1.807) is 11.0 Å².